The summed E-state index contributed by atoms with van der Waals surface area (Å²) < 4.78 is 12.9. The van der Waals surface area contributed by atoms with E-state index in [1.165, 1.54) is 16.2 Å². The molecule has 47 heavy (non-hydrogen) atoms. The van der Waals surface area contributed by atoms with Crippen molar-refractivity contribution in [1.29, 1.82) is 0 Å². The van der Waals surface area contributed by atoms with E-state index in [0.29, 0.717) is 0 Å². The van der Waals surface area contributed by atoms with Crippen LogP contribution in [0.5, 0.6) is 0 Å². The Morgan fingerprint density at radius 1 is 0.362 bits per heavy atom. The van der Waals surface area contributed by atoms with Gasteiger partial charge in [0.1, 0.15) is 22.3 Å². The molecule has 10 rings (SSSR count). The smallest absolute Gasteiger partial charge is 0.143 e. The van der Waals surface area contributed by atoms with Gasteiger partial charge in [0.15, 0.2) is 0 Å². The van der Waals surface area contributed by atoms with E-state index in [2.05, 4.69) is 157 Å². The number of anilines is 3. The van der Waals surface area contributed by atoms with Gasteiger partial charge >= 0.3 is 0 Å². The summed E-state index contributed by atoms with van der Waals surface area (Å²) in [5.41, 5.74) is 9.04. The summed E-state index contributed by atoms with van der Waals surface area (Å²) in [6.07, 6.45) is 0. The summed E-state index contributed by atoms with van der Waals surface area (Å²) in [6.45, 7) is 0. The van der Waals surface area contributed by atoms with Crippen LogP contribution in [0.4, 0.5) is 17.1 Å². The lowest BCUT2D eigenvalue weighted by molar-refractivity contribution is 0.669. The molecule has 0 N–H and O–H groups in total. The van der Waals surface area contributed by atoms with Gasteiger partial charge in [-0.25, -0.2) is 0 Å². The van der Waals surface area contributed by atoms with E-state index in [0.717, 1.165) is 77.5 Å². The van der Waals surface area contributed by atoms with Crippen molar-refractivity contribution in [3.8, 4) is 11.1 Å². The minimum atomic E-state index is 0.866. The Balaban J connectivity index is 1.22. The average Bonchev–Trinajstić information content (AvgIpc) is 3.70. The molecule has 0 fully saturated rings. The van der Waals surface area contributed by atoms with E-state index in [-0.39, 0.29) is 0 Å². The summed E-state index contributed by atoms with van der Waals surface area (Å²) >= 11 is 0. The fraction of sp³-hybridized carbons (Fsp3) is 0. The minimum Gasteiger partial charge on any atom is -0.456 e. The van der Waals surface area contributed by atoms with Gasteiger partial charge in [0.05, 0.1) is 11.4 Å². The summed E-state index contributed by atoms with van der Waals surface area (Å²) in [5.74, 6) is 0. The monoisotopic (exact) mass is 601 g/mol. The molecule has 3 heteroatoms. The maximum absolute atomic E-state index is 6.47. The molecule has 0 amide bonds. The third kappa shape index (κ3) is 4.00. The molecule has 0 bridgehead atoms. The zero-order chi connectivity index (χ0) is 30.9. The topological polar surface area (TPSA) is 29.5 Å². The molecule has 0 atom stereocenters. The molecule has 0 aliphatic rings. The van der Waals surface area contributed by atoms with Gasteiger partial charge in [0.25, 0.3) is 0 Å². The Kier molecular flexibility index (Phi) is 5.57. The highest BCUT2D eigenvalue weighted by Gasteiger charge is 2.21. The van der Waals surface area contributed by atoms with Crippen LogP contribution in [0.3, 0.4) is 0 Å². The van der Waals surface area contributed by atoms with Crippen LogP contribution in [-0.4, -0.2) is 0 Å². The highest BCUT2D eigenvalue weighted by molar-refractivity contribution is 6.16. The van der Waals surface area contributed by atoms with E-state index < -0.39 is 0 Å². The molecule has 8 aromatic carbocycles. The van der Waals surface area contributed by atoms with Gasteiger partial charge in [0, 0.05) is 49.6 Å². The van der Waals surface area contributed by atoms with Gasteiger partial charge in [-0.05, 0) is 64.9 Å². The molecule has 10 aromatic rings. The van der Waals surface area contributed by atoms with Gasteiger partial charge < -0.3 is 13.7 Å². The fourth-order valence-corrected chi connectivity index (χ4v) is 7.25. The number of rotatable bonds is 4. The highest BCUT2D eigenvalue weighted by Crippen LogP contribution is 2.45. The maximum atomic E-state index is 6.47. The van der Waals surface area contributed by atoms with Gasteiger partial charge in [0.2, 0.25) is 0 Å². The quantitative estimate of drug-likeness (QED) is 0.201. The molecule has 220 valence electrons. The SMILES string of the molecule is c1ccc(N(c2ccc3c(c2)oc2ccccc23)c2cccc3ccccc23)c(-c2ccc3oc4c5ccccc5ccc4c3c2)c1. The van der Waals surface area contributed by atoms with Crippen LogP contribution in [0, 0.1) is 0 Å². The normalized spacial score (nSPS) is 11.8. The van der Waals surface area contributed by atoms with Crippen LogP contribution in [0.2, 0.25) is 0 Å². The highest BCUT2D eigenvalue weighted by atomic mass is 16.3. The Labute approximate surface area is 270 Å². The molecule has 3 nitrogen and oxygen atoms in total. The Hall–Kier alpha value is -6.32. The summed E-state index contributed by atoms with van der Waals surface area (Å²) in [5, 5.41) is 9.15. The van der Waals surface area contributed by atoms with Crippen LogP contribution in [0.1, 0.15) is 0 Å². The second-order valence-electron chi connectivity index (χ2n) is 12.1. The number of benzene rings is 8. The van der Waals surface area contributed by atoms with Crippen molar-refractivity contribution < 1.29 is 8.83 Å². The molecule has 0 spiro atoms. The van der Waals surface area contributed by atoms with Crippen LogP contribution < -0.4 is 4.90 Å². The van der Waals surface area contributed by atoms with Crippen LogP contribution in [0.25, 0.3) is 76.5 Å². The molecule has 0 saturated carbocycles. The van der Waals surface area contributed by atoms with Crippen molar-refractivity contribution in [2.24, 2.45) is 0 Å². The average molecular weight is 602 g/mol. The molecule has 2 aromatic heterocycles. The Bertz CT molecular complexity index is 2820. The van der Waals surface area contributed by atoms with Crippen LogP contribution in [0.15, 0.2) is 173 Å². The molecule has 0 aliphatic heterocycles. The lowest BCUT2D eigenvalue weighted by Gasteiger charge is -2.29. The molecule has 0 unspecified atom stereocenters. The first-order valence-corrected chi connectivity index (χ1v) is 15.9. The molecular weight excluding hydrogens is 574 g/mol. The predicted octanol–water partition coefficient (Wildman–Crippen LogP) is 12.9. The predicted molar refractivity (Wildman–Crippen MR) is 196 cm³/mol. The molecular formula is C44H27NO2. The Morgan fingerprint density at radius 3 is 1.94 bits per heavy atom. The zero-order valence-corrected chi connectivity index (χ0v) is 25.4. The van der Waals surface area contributed by atoms with Gasteiger partial charge in [-0.15, -0.1) is 0 Å². The first-order chi connectivity index (χ1) is 23.3. The van der Waals surface area contributed by atoms with E-state index in [4.69, 9.17) is 8.83 Å². The van der Waals surface area contributed by atoms with E-state index in [1.54, 1.807) is 0 Å². The zero-order valence-electron chi connectivity index (χ0n) is 25.4. The lowest BCUT2D eigenvalue weighted by Crippen LogP contribution is -2.11. The van der Waals surface area contributed by atoms with Gasteiger partial charge in [-0.2, -0.15) is 0 Å². The standard InChI is InChI=1S/C44H27NO2/c1-3-13-32-28(10-1)12-9-18-40(32)45(31-22-24-36-35-16-6-8-19-41(35)46-43(36)27-31)39-17-7-5-14-33(39)30-21-25-42-38(26-30)37-23-20-29-11-2-4-15-34(29)44(37)47-42/h1-27H. The lowest BCUT2D eigenvalue weighted by atomic mass is 9.98. The van der Waals surface area contributed by atoms with Crippen molar-refractivity contribution in [3.05, 3.63) is 164 Å². The summed E-state index contributed by atoms with van der Waals surface area (Å²) in [4.78, 5) is 2.37. The summed E-state index contributed by atoms with van der Waals surface area (Å²) in [7, 11) is 0. The second-order valence-corrected chi connectivity index (χ2v) is 12.1. The number of fused-ring (bicyclic) bond motifs is 9. The molecule has 0 radical (unpaired) electrons. The third-order valence-electron chi connectivity index (χ3n) is 9.45. The van der Waals surface area contributed by atoms with Crippen molar-refractivity contribution in [2.45, 2.75) is 0 Å². The maximum Gasteiger partial charge on any atom is 0.143 e. The number of para-hydroxylation sites is 2. The van der Waals surface area contributed by atoms with Crippen LogP contribution >= 0.6 is 0 Å². The van der Waals surface area contributed by atoms with Crippen molar-refractivity contribution in [1.82, 2.24) is 0 Å². The van der Waals surface area contributed by atoms with E-state index in [9.17, 15) is 0 Å². The first kappa shape index (κ1) is 26.0. The fourth-order valence-electron chi connectivity index (χ4n) is 7.25. The number of hydrogen-bond donors (Lipinski definition) is 0. The third-order valence-corrected chi connectivity index (χ3v) is 9.45. The summed E-state index contributed by atoms with van der Waals surface area (Å²) in [6, 6.07) is 57.9. The van der Waals surface area contributed by atoms with Crippen molar-refractivity contribution >= 4 is 82.5 Å². The largest absolute Gasteiger partial charge is 0.456 e. The van der Waals surface area contributed by atoms with Crippen molar-refractivity contribution in [3.63, 3.8) is 0 Å². The molecule has 0 aliphatic carbocycles. The molecule has 0 saturated heterocycles. The number of nitrogens with zero attached hydrogens (tertiary/aromatic N) is 1. The first-order valence-electron chi connectivity index (χ1n) is 15.9. The van der Waals surface area contributed by atoms with E-state index >= 15 is 0 Å². The second kappa shape index (κ2) is 10.1. The van der Waals surface area contributed by atoms with E-state index in [1.807, 2.05) is 12.1 Å². The van der Waals surface area contributed by atoms with Gasteiger partial charge in [-0.3, -0.25) is 0 Å². The van der Waals surface area contributed by atoms with Crippen molar-refractivity contribution in [2.75, 3.05) is 4.90 Å². The number of furan rings is 2. The molecule has 2 heterocycles. The minimum absolute atomic E-state index is 0.866. The number of hydrogen-bond acceptors (Lipinski definition) is 3. The van der Waals surface area contributed by atoms with Crippen LogP contribution in [-0.2, 0) is 0 Å². The Morgan fingerprint density at radius 2 is 1.02 bits per heavy atom. The van der Waals surface area contributed by atoms with Gasteiger partial charge in [-0.1, -0.05) is 109 Å².